The van der Waals surface area contributed by atoms with Crippen molar-refractivity contribution in [3.63, 3.8) is 0 Å². The number of phosphoric ester groups is 1. The van der Waals surface area contributed by atoms with E-state index in [1.807, 2.05) is 0 Å². The van der Waals surface area contributed by atoms with E-state index in [9.17, 15) is 50.0 Å². The van der Waals surface area contributed by atoms with Crippen molar-refractivity contribution < 1.29 is 59.0 Å². The van der Waals surface area contributed by atoms with Gasteiger partial charge in [0.1, 0.15) is 36.6 Å². The van der Waals surface area contributed by atoms with Crippen LogP contribution in [-0.2, 0) is 18.4 Å². The van der Waals surface area contributed by atoms with Gasteiger partial charge in [-0.2, -0.15) is 0 Å². The molecule has 13 nitrogen and oxygen atoms in total. The van der Waals surface area contributed by atoms with Crippen molar-refractivity contribution in [1.82, 2.24) is 5.32 Å². The normalized spacial score (nSPS) is 22.6. The largest absolute Gasteiger partial charge is 0.472 e. The van der Waals surface area contributed by atoms with Crippen LogP contribution in [0.5, 0.6) is 0 Å². The molecule has 9 N–H and O–H groups in total. The highest BCUT2D eigenvalue weighted by Gasteiger charge is 2.51. The molecule has 1 aliphatic rings. The summed E-state index contributed by atoms with van der Waals surface area (Å²) in [6.45, 7) is 3.67. The minimum atomic E-state index is -5.15. The third-order valence-electron chi connectivity index (χ3n) is 12.7. The molecule has 0 aromatic rings. The molecular weight excluding hydrogens is 862 g/mol. The van der Waals surface area contributed by atoms with Gasteiger partial charge in [-0.1, -0.05) is 211 Å². The van der Waals surface area contributed by atoms with E-state index >= 15 is 0 Å². The average Bonchev–Trinajstić information content (AvgIpc) is 3.29. The SMILES string of the molecule is CC/C=C\C/C=C\CCCCCCCCCCCCCCC(O)CC(=O)NC(COP(=O)(O)OC1C(O)C(O)C(O)C(O)C1O)C(O)/C=C/CCCCCCCCCCCCCCCCC. The van der Waals surface area contributed by atoms with Gasteiger partial charge in [0.05, 0.1) is 31.3 Å². The summed E-state index contributed by atoms with van der Waals surface area (Å²) in [7, 11) is -5.15. The molecule has 1 saturated carbocycles. The van der Waals surface area contributed by atoms with E-state index < -0.39 is 75.2 Å². The van der Waals surface area contributed by atoms with Crippen LogP contribution in [-0.4, -0.2) is 108 Å². The number of amides is 1. The number of unbranched alkanes of at least 4 members (excludes halogenated alkanes) is 27. The van der Waals surface area contributed by atoms with Crippen molar-refractivity contribution in [3.05, 3.63) is 36.5 Å². The van der Waals surface area contributed by atoms with Crippen molar-refractivity contribution in [1.29, 1.82) is 0 Å². The maximum absolute atomic E-state index is 13.1. The van der Waals surface area contributed by atoms with Crippen LogP contribution >= 0.6 is 7.82 Å². The summed E-state index contributed by atoms with van der Waals surface area (Å²) in [5, 5.41) is 74.7. The zero-order chi connectivity index (χ0) is 48.7. The maximum Gasteiger partial charge on any atom is 0.472 e. The third kappa shape index (κ3) is 32.4. The molecular formula is C52H98NO12P. The van der Waals surface area contributed by atoms with Crippen LogP contribution in [0, 0.1) is 0 Å². The fourth-order valence-electron chi connectivity index (χ4n) is 8.46. The molecule has 14 heteroatoms. The first kappa shape index (κ1) is 62.5. The molecule has 8 unspecified atom stereocenters. The Bertz CT molecular complexity index is 1270. The summed E-state index contributed by atoms with van der Waals surface area (Å²) < 4.78 is 23.0. The second-order valence-electron chi connectivity index (χ2n) is 18.9. The minimum Gasteiger partial charge on any atom is -0.393 e. The molecule has 0 saturated heterocycles. The number of carbonyl (C=O) groups excluding carboxylic acids is 1. The Hall–Kier alpha value is -1.48. The fourth-order valence-corrected chi connectivity index (χ4v) is 9.42. The van der Waals surface area contributed by atoms with Gasteiger partial charge >= 0.3 is 7.82 Å². The van der Waals surface area contributed by atoms with E-state index in [0.29, 0.717) is 12.8 Å². The summed E-state index contributed by atoms with van der Waals surface area (Å²) in [6.07, 6.45) is 35.1. The van der Waals surface area contributed by atoms with Crippen molar-refractivity contribution in [2.24, 2.45) is 0 Å². The van der Waals surface area contributed by atoms with Gasteiger partial charge in [0.25, 0.3) is 0 Å². The topological polar surface area (TPSA) is 226 Å². The lowest BCUT2D eigenvalue weighted by atomic mass is 9.85. The molecule has 1 rings (SSSR count). The molecule has 0 radical (unpaired) electrons. The standard InChI is InChI=1S/C52H98NO12P/c1-3-5-7-9-11-13-15-17-19-21-22-24-25-27-29-31-33-35-37-39-43(54)41-46(56)53-44(42-64-66(62,63)65-52-50(60)48(58)47(57)49(59)51(52)61)45(55)40-38-36-34-32-30-28-26-23-20-18-16-14-12-10-8-6-4-2/h5,7,11,13,38,40,43-45,47-52,54-55,57-61H,3-4,6,8-10,12,14-37,39,41-42H2,1-2H3,(H,53,56)(H,62,63)/b7-5-,13-11-,40-38+. The van der Waals surface area contributed by atoms with Gasteiger partial charge in [0.15, 0.2) is 0 Å². The monoisotopic (exact) mass is 960 g/mol. The lowest BCUT2D eigenvalue weighted by Gasteiger charge is -2.41. The summed E-state index contributed by atoms with van der Waals surface area (Å²) in [5.74, 6) is -0.592. The number of nitrogens with one attached hydrogen (secondary N) is 1. The third-order valence-corrected chi connectivity index (χ3v) is 13.7. The first-order chi connectivity index (χ1) is 31.8. The van der Waals surface area contributed by atoms with Crippen LogP contribution in [0.1, 0.15) is 226 Å². The number of allylic oxidation sites excluding steroid dienone is 5. The van der Waals surface area contributed by atoms with Gasteiger partial charge in [0, 0.05) is 0 Å². The van der Waals surface area contributed by atoms with Crippen molar-refractivity contribution in [3.8, 4) is 0 Å². The van der Waals surface area contributed by atoms with Crippen molar-refractivity contribution in [2.45, 2.75) is 281 Å². The van der Waals surface area contributed by atoms with E-state index in [1.165, 1.54) is 141 Å². The highest BCUT2D eigenvalue weighted by molar-refractivity contribution is 7.47. The van der Waals surface area contributed by atoms with Gasteiger partial charge in [0.2, 0.25) is 5.91 Å². The number of hydrogen-bond donors (Lipinski definition) is 9. The molecule has 0 aromatic heterocycles. The number of rotatable bonds is 44. The Labute approximate surface area is 400 Å². The Morgan fingerprint density at radius 1 is 0.561 bits per heavy atom. The molecule has 1 aliphatic carbocycles. The number of hydrogen-bond acceptors (Lipinski definition) is 11. The molecule has 0 bridgehead atoms. The Kier molecular flexibility index (Phi) is 39.1. The predicted octanol–water partition coefficient (Wildman–Crippen LogP) is 10.1. The van der Waals surface area contributed by atoms with Crippen LogP contribution in [0.25, 0.3) is 0 Å². The summed E-state index contributed by atoms with van der Waals surface area (Å²) >= 11 is 0. The zero-order valence-corrected chi connectivity index (χ0v) is 42.3. The maximum atomic E-state index is 13.1. The smallest absolute Gasteiger partial charge is 0.393 e. The number of carbonyl (C=O) groups is 1. The number of aliphatic hydroxyl groups excluding tert-OH is 7. The number of aliphatic hydroxyl groups is 7. The molecule has 388 valence electrons. The van der Waals surface area contributed by atoms with E-state index in [1.54, 1.807) is 6.08 Å². The zero-order valence-electron chi connectivity index (χ0n) is 41.4. The molecule has 0 aliphatic heterocycles. The highest BCUT2D eigenvalue weighted by atomic mass is 31.2. The lowest BCUT2D eigenvalue weighted by molar-refractivity contribution is -0.220. The van der Waals surface area contributed by atoms with Crippen LogP contribution in [0.2, 0.25) is 0 Å². The molecule has 8 atom stereocenters. The molecule has 0 aromatic carbocycles. The van der Waals surface area contributed by atoms with Gasteiger partial charge in [-0.05, 0) is 44.9 Å². The van der Waals surface area contributed by atoms with Crippen LogP contribution in [0.15, 0.2) is 36.5 Å². The lowest BCUT2D eigenvalue weighted by Crippen LogP contribution is -2.64. The van der Waals surface area contributed by atoms with Gasteiger partial charge in [-0.3, -0.25) is 13.8 Å². The van der Waals surface area contributed by atoms with Crippen LogP contribution < -0.4 is 5.32 Å². The molecule has 0 spiro atoms. The molecule has 66 heavy (non-hydrogen) atoms. The van der Waals surface area contributed by atoms with E-state index in [2.05, 4.69) is 43.5 Å². The van der Waals surface area contributed by atoms with Gasteiger partial charge in [-0.25, -0.2) is 4.57 Å². The highest BCUT2D eigenvalue weighted by Crippen LogP contribution is 2.47. The summed E-state index contributed by atoms with van der Waals surface area (Å²) in [5.41, 5.74) is 0. The van der Waals surface area contributed by atoms with Crippen LogP contribution in [0.4, 0.5) is 0 Å². The number of phosphoric acid groups is 1. The van der Waals surface area contributed by atoms with Gasteiger partial charge in [-0.15, -0.1) is 0 Å². The van der Waals surface area contributed by atoms with Crippen molar-refractivity contribution in [2.75, 3.05) is 6.61 Å². The Balaban J connectivity index is 2.46. The van der Waals surface area contributed by atoms with Crippen LogP contribution in [0.3, 0.4) is 0 Å². The van der Waals surface area contributed by atoms with E-state index in [0.717, 1.165) is 57.8 Å². The van der Waals surface area contributed by atoms with Crippen molar-refractivity contribution >= 4 is 13.7 Å². The minimum absolute atomic E-state index is 0.245. The molecule has 1 fully saturated rings. The van der Waals surface area contributed by atoms with E-state index in [4.69, 9.17) is 9.05 Å². The first-order valence-electron chi connectivity index (χ1n) is 26.5. The van der Waals surface area contributed by atoms with E-state index in [-0.39, 0.29) is 6.42 Å². The Morgan fingerprint density at radius 2 is 0.970 bits per heavy atom. The average molecular weight is 960 g/mol. The Morgan fingerprint density at radius 3 is 1.44 bits per heavy atom. The summed E-state index contributed by atoms with van der Waals surface area (Å²) in [4.78, 5) is 23.5. The summed E-state index contributed by atoms with van der Waals surface area (Å²) in [6, 6.07) is -1.24. The predicted molar refractivity (Wildman–Crippen MR) is 266 cm³/mol. The molecule has 0 heterocycles. The first-order valence-corrected chi connectivity index (χ1v) is 28.0. The second kappa shape index (κ2) is 41.3. The fraction of sp³-hybridized carbons (Fsp3) is 0.865. The molecule has 1 amide bonds. The van der Waals surface area contributed by atoms with Gasteiger partial charge < -0.3 is 46.0 Å². The quantitative estimate of drug-likeness (QED) is 0.0158. The second-order valence-corrected chi connectivity index (χ2v) is 20.3.